The largest absolute Gasteiger partial charge is 0.480 e. The lowest BCUT2D eigenvalue weighted by molar-refractivity contribution is -0.156. The molecule has 3 rings (SSSR count). The fraction of sp³-hybridized carbons (Fsp3) is 0.875. The highest BCUT2D eigenvalue weighted by atomic mass is 16.4. The van der Waals surface area contributed by atoms with Crippen molar-refractivity contribution >= 4 is 11.9 Å². The summed E-state index contributed by atoms with van der Waals surface area (Å²) in [6.45, 7) is 3.86. The highest BCUT2D eigenvalue weighted by Crippen LogP contribution is 2.51. The molecule has 0 aromatic carbocycles. The van der Waals surface area contributed by atoms with E-state index in [2.05, 4.69) is 6.92 Å². The van der Waals surface area contributed by atoms with Crippen molar-refractivity contribution in [1.29, 1.82) is 0 Å². The zero-order chi connectivity index (χ0) is 14.4. The fourth-order valence-corrected chi connectivity index (χ4v) is 4.30. The quantitative estimate of drug-likeness (QED) is 0.791. The number of rotatable bonds is 2. The molecule has 4 nitrogen and oxygen atoms in total. The maximum Gasteiger partial charge on any atom is 0.319 e. The minimum atomic E-state index is -1.06. The monoisotopic (exact) mass is 279 g/mol. The van der Waals surface area contributed by atoms with Crippen molar-refractivity contribution in [3.63, 3.8) is 0 Å². The SMILES string of the molecule is CC1CCN(C(=O)C2(C(=O)O)CC2)CC12CCCCC2. The van der Waals surface area contributed by atoms with Crippen molar-refractivity contribution in [2.24, 2.45) is 16.7 Å². The number of carboxylic acids is 1. The smallest absolute Gasteiger partial charge is 0.319 e. The third-order valence-corrected chi connectivity index (χ3v) is 6.09. The number of hydrogen-bond acceptors (Lipinski definition) is 2. The van der Waals surface area contributed by atoms with Crippen molar-refractivity contribution in [2.45, 2.75) is 58.3 Å². The van der Waals surface area contributed by atoms with Crippen LogP contribution in [0.1, 0.15) is 58.3 Å². The molecule has 2 saturated carbocycles. The molecular formula is C16H25NO3. The van der Waals surface area contributed by atoms with Gasteiger partial charge in [-0.1, -0.05) is 26.2 Å². The summed E-state index contributed by atoms with van der Waals surface area (Å²) in [5, 5.41) is 9.31. The number of likely N-dealkylation sites (tertiary alicyclic amines) is 1. The maximum absolute atomic E-state index is 12.6. The third kappa shape index (κ3) is 2.04. The molecule has 1 aliphatic heterocycles. The molecule has 0 radical (unpaired) electrons. The number of carbonyl (C=O) groups is 2. The van der Waals surface area contributed by atoms with E-state index in [1.807, 2.05) is 4.90 Å². The van der Waals surface area contributed by atoms with Gasteiger partial charge in [-0.3, -0.25) is 9.59 Å². The Morgan fingerprint density at radius 1 is 1.10 bits per heavy atom. The molecule has 3 aliphatic rings. The molecule has 1 spiro atoms. The van der Waals surface area contributed by atoms with E-state index >= 15 is 0 Å². The molecular weight excluding hydrogens is 254 g/mol. The van der Waals surface area contributed by atoms with Crippen LogP contribution in [0.3, 0.4) is 0 Å². The van der Waals surface area contributed by atoms with Gasteiger partial charge in [-0.05, 0) is 43.4 Å². The van der Waals surface area contributed by atoms with E-state index in [4.69, 9.17) is 0 Å². The Bertz CT molecular complexity index is 421. The van der Waals surface area contributed by atoms with E-state index in [0.29, 0.717) is 18.8 Å². The van der Waals surface area contributed by atoms with Gasteiger partial charge in [0, 0.05) is 13.1 Å². The van der Waals surface area contributed by atoms with Crippen LogP contribution in [0.5, 0.6) is 0 Å². The number of piperidine rings is 1. The summed E-state index contributed by atoms with van der Waals surface area (Å²) in [7, 11) is 0. The second kappa shape index (κ2) is 4.74. The summed E-state index contributed by atoms with van der Waals surface area (Å²) in [4.78, 5) is 25.8. The average molecular weight is 279 g/mol. The molecule has 1 heterocycles. The van der Waals surface area contributed by atoms with Gasteiger partial charge in [-0.15, -0.1) is 0 Å². The molecule has 1 saturated heterocycles. The number of amides is 1. The highest BCUT2D eigenvalue weighted by molar-refractivity contribution is 6.04. The minimum absolute atomic E-state index is 0.109. The Balaban J connectivity index is 1.75. The van der Waals surface area contributed by atoms with Crippen LogP contribution in [-0.4, -0.2) is 35.0 Å². The van der Waals surface area contributed by atoms with E-state index in [1.165, 1.54) is 32.1 Å². The Morgan fingerprint density at radius 3 is 2.30 bits per heavy atom. The number of nitrogens with zero attached hydrogens (tertiary/aromatic N) is 1. The van der Waals surface area contributed by atoms with Crippen molar-refractivity contribution in [1.82, 2.24) is 4.90 Å². The summed E-state index contributed by atoms with van der Waals surface area (Å²) in [5.41, 5.74) is -0.794. The molecule has 4 heteroatoms. The predicted octanol–water partition coefficient (Wildman–Crippen LogP) is 2.67. The van der Waals surface area contributed by atoms with Gasteiger partial charge in [0.05, 0.1) is 0 Å². The number of carbonyl (C=O) groups excluding carboxylic acids is 1. The average Bonchev–Trinajstić information content (AvgIpc) is 3.24. The van der Waals surface area contributed by atoms with E-state index in [-0.39, 0.29) is 11.3 Å². The van der Waals surface area contributed by atoms with E-state index in [9.17, 15) is 14.7 Å². The zero-order valence-electron chi connectivity index (χ0n) is 12.4. The fourth-order valence-electron chi connectivity index (χ4n) is 4.30. The van der Waals surface area contributed by atoms with Gasteiger partial charge in [-0.25, -0.2) is 0 Å². The van der Waals surface area contributed by atoms with Crippen LogP contribution in [0.2, 0.25) is 0 Å². The van der Waals surface area contributed by atoms with Gasteiger partial charge >= 0.3 is 5.97 Å². The Hall–Kier alpha value is -1.06. The Labute approximate surface area is 120 Å². The van der Waals surface area contributed by atoms with Crippen LogP contribution < -0.4 is 0 Å². The van der Waals surface area contributed by atoms with Crippen LogP contribution in [-0.2, 0) is 9.59 Å². The molecule has 0 aromatic heterocycles. The summed E-state index contributed by atoms with van der Waals surface area (Å²) in [6.07, 6.45) is 8.33. The van der Waals surface area contributed by atoms with Crippen LogP contribution in [0.4, 0.5) is 0 Å². The van der Waals surface area contributed by atoms with Gasteiger partial charge in [0.2, 0.25) is 5.91 Å². The van der Waals surface area contributed by atoms with E-state index in [0.717, 1.165) is 19.5 Å². The Morgan fingerprint density at radius 2 is 1.75 bits per heavy atom. The lowest BCUT2D eigenvalue weighted by atomic mass is 9.63. The normalized spacial score (nSPS) is 31.1. The number of aliphatic carboxylic acids is 1. The first-order chi connectivity index (χ1) is 9.50. The second-order valence-electron chi connectivity index (χ2n) is 7.23. The van der Waals surface area contributed by atoms with Crippen LogP contribution in [0.15, 0.2) is 0 Å². The number of carboxylic acid groups (broad SMARTS) is 1. The van der Waals surface area contributed by atoms with Gasteiger partial charge in [0.25, 0.3) is 0 Å². The zero-order valence-corrected chi connectivity index (χ0v) is 12.4. The first kappa shape index (κ1) is 13.9. The van der Waals surface area contributed by atoms with E-state index in [1.54, 1.807) is 0 Å². The molecule has 2 aliphatic carbocycles. The van der Waals surface area contributed by atoms with Crippen LogP contribution in [0.25, 0.3) is 0 Å². The lowest BCUT2D eigenvalue weighted by Crippen LogP contribution is -2.53. The molecule has 3 fully saturated rings. The maximum atomic E-state index is 12.6. The first-order valence-corrected chi connectivity index (χ1v) is 8.03. The molecule has 1 unspecified atom stereocenters. The lowest BCUT2D eigenvalue weighted by Gasteiger charge is -2.50. The molecule has 20 heavy (non-hydrogen) atoms. The molecule has 0 aromatic rings. The van der Waals surface area contributed by atoms with Crippen LogP contribution in [0, 0.1) is 16.7 Å². The van der Waals surface area contributed by atoms with E-state index < -0.39 is 11.4 Å². The first-order valence-electron chi connectivity index (χ1n) is 8.03. The van der Waals surface area contributed by atoms with Gasteiger partial charge < -0.3 is 10.0 Å². The number of hydrogen-bond donors (Lipinski definition) is 1. The summed E-state index contributed by atoms with van der Waals surface area (Å²) in [5.74, 6) is -0.368. The molecule has 112 valence electrons. The molecule has 1 amide bonds. The topological polar surface area (TPSA) is 57.6 Å². The molecule has 1 atom stereocenters. The standard InChI is InChI=1S/C16H25NO3/c1-12-5-10-17(11-15(12)6-3-2-4-7-15)13(18)16(8-9-16)14(19)20/h12H,2-11H2,1H3,(H,19,20). The predicted molar refractivity (Wildman–Crippen MR) is 75.2 cm³/mol. The summed E-state index contributed by atoms with van der Waals surface area (Å²) < 4.78 is 0. The molecule has 1 N–H and O–H groups in total. The summed E-state index contributed by atoms with van der Waals surface area (Å²) in [6, 6.07) is 0. The van der Waals surface area contributed by atoms with Gasteiger partial charge in [0.1, 0.15) is 5.41 Å². The summed E-state index contributed by atoms with van der Waals surface area (Å²) >= 11 is 0. The van der Waals surface area contributed by atoms with Crippen molar-refractivity contribution < 1.29 is 14.7 Å². The van der Waals surface area contributed by atoms with Crippen molar-refractivity contribution in [3.05, 3.63) is 0 Å². The Kier molecular flexibility index (Phi) is 3.30. The second-order valence-corrected chi connectivity index (χ2v) is 7.23. The third-order valence-electron chi connectivity index (χ3n) is 6.09. The van der Waals surface area contributed by atoms with Crippen molar-refractivity contribution in [3.8, 4) is 0 Å². The van der Waals surface area contributed by atoms with Crippen molar-refractivity contribution in [2.75, 3.05) is 13.1 Å². The highest BCUT2D eigenvalue weighted by Gasteiger charge is 2.59. The van der Waals surface area contributed by atoms with Crippen LogP contribution >= 0.6 is 0 Å². The van der Waals surface area contributed by atoms with Gasteiger partial charge in [-0.2, -0.15) is 0 Å². The van der Waals surface area contributed by atoms with Gasteiger partial charge in [0.15, 0.2) is 0 Å². The minimum Gasteiger partial charge on any atom is -0.480 e. The molecule has 0 bridgehead atoms.